The Hall–Kier alpha value is -2.43. The van der Waals surface area contributed by atoms with Gasteiger partial charge in [-0.25, -0.2) is 8.42 Å². The summed E-state index contributed by atoms with van der Waals surface area (Å²) in [7, 11) is -1.85. The van der Waals surface area contributed by atoms with Gasteiger partial charge in [0.1, 0.15) is 17.2 Å². The molecule has 1 unspecified atom stereocenters. The summed E-state index contributed by atoms with van der Waals surface area (Å²) in [6, 6.07) is 7.26. The number of hydrogen-bond donors (Lipinski definition) is 1. The van der Waals surface area contributed by atoms with Gasteiger partial charge in [0, 0.05) is 32.2 Å². The van der Waals surface area contributed by atoms with Crippen molar-refractivity contribution in [2.45, 2.75) is 24.8 Å². The number of hydrogen-bond acceptors (Lipinski definition) is 7. The Labute approximate surface area is 164 Å². The van der Waals surface area contributed by atoms with E-state index >= 15 is 0 Å². The van der Waals surface area contributed by atoms with Crippen LogP contribution in [0.3, 0.4) is 0 Å². The van der Waals surface area contributed by atoms with Crippen LogP contribution in [0.5, 0.6) is 0 Å². The molecule has 0 aliphatic carbocycles. The maximum atomic E-state index is 12.9. The largest absolute Gasteiger partial charge is 0.464 e. The summed E-state index contributed by atoms with van der Waals surface area (Å²) in [5, 5.41) is 14.6. The van der Waals surface area contributed by atoms with Gasteiger partial charge in [-0.3, -0.25) is 10.1 Å². The maximum absolute atomic E-state index is 12.9. The number of anilines is 1. The van der Waals surface area contributed by atoms with E-state index in [0.717, 1.165) is 11.8 Å². The fourth-order valence-corrected chi connectivity index (χ4v) is 4.56. The summed E-state index contributed by atoms with van der Waals surface area (Å²) in [6.45, 7) is 5.61. The Morgan fingerprint density at radius 3 is 2.43 bits per heavy atom. The standard InChI is InChI=1S/C18H24N4O5S/c1-13-4-7-18(27-13)14(2)19-16-6-5-15(12-17(16)22(23)24)28(25,26)21-10-8-20(3)9-11-21/h4-7,12,14,19H,8-11H2,1-3H3. The van der Waals surface area contributed by atoms with Gasteiger partial charge < -0.3 is 14.6 Å². The van der Waals surface area contributed by atoms with Gasteiger partial charge in [0.05, 0.1) is 15.9 Å². The molecule has 1 fully saturated rings. The molecule has 1 aliphatic rings. The number of nitro groups is 1. The Bertz CT molecular complexity index is 964. The lowest BCUT2D eigenvalue weighted by Crippen LogP contribution is -2.47. The van der Waals surface area contributed by atoms with Crippen molar-refractivity contribution in [1.82, 2.24) is 9.21 Å². The summed E-state index contributed by atoms with van der Waals surface area (Å²) in [6.07, 6.45) is 0. The highest BCUT2D eigenvalue weighted by Gasteiger charge is 2.30. The van der Waals surface area contributed by atoms with Gasteiger partial charge in [-0.2, -0.15) is 4.31 Å². The first kappa shape index (κ1) is 20.3. The van der Waals surface area contributed by atoms with Crippen molar-refractivity contribution in [3.8, 4) is 0 Å². The predicted molar refractivity (Wildman–Crippen MR) is 105 cm³/mol. The summed E-state index contributed by atoms with van der Waals surface area (Å²) in [5.41, 5.74) is -0.0470. The first-order valence-electron chi connectivity index (χ1n) is 8.98. The highest BCUT2D eigenvalue weighted by molar-refractivity contribution is 7.89. The van der Waals surface area contributed by atoms with Gasteiger partial charge in [0.25, 0.3) is 5.69 Å². The van der Waals surface area contributed by atoms with E-state index in [1.54, 1.807) is 6.07 Å². The number of piperazine rings is 1. The zero-order chi connectivity index (χ0) is 20.5. The van der Waals surface area contributed by atoms with Crippen molar-refractivity contribution >= 4 is 21.4 Å². The first-order valence-corrected chi connectivity index (χ1v) is 10.4. The van der Waals surface area contributed by atoms with Gasteiger partial charge in [-0.15, -0.1) is 0 Å². The molecule has 1 atom stereocenters. The van der Waals surface area contributed by atoms with Crippen LogP contribution in [-0.4, -0.2) is 55.8 Å². The SMILES string of the molecule is Cc1ccc(C(C)Nc2ccc(S(=O)(=O)N3CCN(C)CC3)cc2[N+](=O)[O-])o1. The second-order valence-corrected chi connectivity index (χ2v) is 8.90. The summed E-state index contributed by atoms with van der Waals surface area (Å²) >= 11 is 0. The van der Waals surface area contributed by atoms with Crippen molar-refractivity contribution in [2.24, 2.45) is 0 Å². The van der Waals surface area contributed by atoms with Gasteiger partial charge in [0.2, 0.25) is 10.0 Å². The lowest BCUT2D eigenvalue weighted by atomic mass is 10.2. The predicted octanol–water partition coefficient (Wildman–Crippen LogP) is 2.61. The topological polar surface area (TPSA) is 109 Å². The summed E-state index contributed by atoms with van der Waals surface area (Å²) in [4.78, 5) is 13.0. The molecule has 0 spiro atoms. The van der Waals surface area contributed by atoms with Crippen molar-refractivity contribution in [2.75, 3.05) is 38.5 Å². The number of nitrogens with zero attached hydrogens (tertiary/aromatic N) is 3. The van der Waals surface area contributed by atoms with Crippen LogP contribution in [0.1, 0.15) is 24.5 Å². The maximum Gasteiger partial charge on any atom is 0.293 e. The van der Waals surface area contributed by atoms with E-state index < -0.39 is 14.9 Å². The Balaban J connectivity index is 1.87. The molecule has 1 N–H and O–H groups in total. The lowest BCUT2D eigenvalue weighted by Gasteiger charge is -2.31. The van der Waals surface area contributed by atoms with E-state index in [0.29, 0.717) is 31.9 Å². The third kappa shape index (κ3) is 4.18. The second-order valence-electron chi connectivity index (χ2n) is 6.96. The van der Waals surface area contributed by atoms with Crippen molar-refractivity contribution < 1.29 is 17.8 Å². The molecular formula is C18H24N4O5S. The Morgan fingerprint density at radius 2 is 1.86 bits per heavy atom. The van der Waals surface area contributed by atoms with Crippen molar-refractivity contribution in [3.05, 3.63) is 52.0 Å². The number of sulfonamides is 1. The minimum atomic E-state index is -3.78. The van der Waals surface area contributed by atoms with E-state index in [1.807, 2.05) is 31.9 Å². The van der Waals surface area contributed by atoms with Crippen LogP contribution in [-0.2, 0) is 10.0 Å². The highest BCUT2D eigenvalue weighted by Crippen LogP contribution is 2.32. The zero-order valence-corrected chi connectivity index (χ0v) is 16.9. The molecule has 2 heterocycles. The van der Waals surface area contributed by atoms with Crippen LogP contribution in [0.2, 0.25) is 0 Å². The first-order chi connectivity index (χ1) is 13.2. The molecule has 10 heteroatoms. The summed E-state index contributed by atoms with van der Waals surface area (Å²) in [5.74, 6) is 1.38. The Morgan fingerprint density at radius 1 is 1.18 bits per heavy atom. The number of benzene rings is 1. The molecule has 3 rings (SSSR count). The molecule has 1 aromatic heterocycles. The minimum Gasteiger partial charge on any atom is -0.464 e. The lowest BCUT2D eigenvalue weighted by molar-refractivity contribution is -0.384. The number of aryl methyl sites for hydroxylation is 1. The number of nitrogens with one attached hydrogen (secondary N) is 1. The van der Waals surface area contributed by atoms with Crippen LogP contribution < -0.4 is 5.32 Å². The van der Waals surface area contributed by atoms with E-state index in [2.05, 4.69) is 5.32 Å². The minimum absolute atomic E-state index is 0.0733. The summed E-state index contributed by atoms with van der Waals surface area (Å²) < 4.78 is 32.7. The van der Waals surface area contributed by atoms with Crippen LogP contribution in [0, 0.1) is 17.0 Å². The van der Waals surface area contributed by atoms with Crippen LogP contribution in [0.4, 0.5) is 11.4 Å². The van der Waals surface area contributed by atoms with E-state index in [4.69, 9.17) is 4.42 Å². The molecular weight excluding hydrogens is 384 g/mol. The monoisotopic (exact) mass is 408 g/mol. The quantitative estimate of drug-likeness (QED) is 0.578. The van der Waals surface area contributed by atoms with E-state index in [-0.39, 0.29) is 22.3 Å². The fourth-order valence-electron chi connectivity index (χ4n) is 3.11. The number of rotatable bonds is 6. The Kier molecular flexibility index (Phi) is 5.73. The van der Waals surface area contributed by atoms with Crippen LogP contribution in [0.15, 0.2) is 39.6 Å². The highest BCUT2D eigenvalue weighted by atomic mass is 32.2. The third-order valence-electron chi connectivity index (χ3n) is 4.83. The van der Waals surface area contributed by atoms with Gasteiger partial charge >= 0.3 is 0 Å². The van der Waals surface area contributed by atoms with E-state index in [1.165, 1.54) is 16.4 Å². The molecule has 1 saturated heterocycles. The molecule has 2 aromatic rings. The van der Waals surface area contributed by atoms with Crippen molar-refractivity contribution in [1.29, 1.82) is 0 Å². The van der Waals surface area contributed by atoms with Gasteiger partial charge in [-0.1, -0.05) is 0 Å². The smallest absolute Gasteiger partial charge is 0.293 e. The fraction of sp³-hybridized carbons (Fsp3) is 0.444. The molecule has 1 aliphatic heterocycles. The number of nitro benzene ring substituents is 1. The molecule has 0 amide bonds. The van der Waals surface area contributed by atoms with Gasteiger partial charge in [-0.05, 0) is 45.2 Å². The normalized spacial score (nSPS) is 17.4. The number of likely N-dealkylation sites (N-methyl/N-ethyl adjacent to an activating group) is 1. The average Bonchev–Trinajstić information content (AvgIpc) is 3.08. The molecule has 0 radical (unpaired) electrons. The molecule has 9 nitrogen and oxygen atoms in total. The van der Waals surface area contributed by atoms with Crippen LogP contribution in [0.25, 0.3) is 0 Å². The van der Waals surface area contributed by atoms with Gasteiger partial charge in [0.15, 0.2) is 0 Å². The molecule has 28 heavy (non-hydrogen) atoms. The molecule has 0 saturated carbocycles. The average molecular weight is 408 g/mol. The van der Waals surface area contributed by atoms with E-state index in [9.17, 15) is 18.5 Å². The van der Waals surface area contributed by atoms with Crippen LogP contribution >= 0.6 is 0 Å². The molecule has 0 bridgehead atoms. The zero-order valence-electron chi connectivity index (χ0n) is 16.1. The van der Waals surface area contributed by atoms with Crippen molar-refractivity contribution in [3.63, 3.8) is 0 Å². The second kappa shape index (κ2) is 7.90. The number of furan rings is 1. The third-order valence-corrected chi connectivity index (χ3v) is 6.72. The molecule has 152 valence electrons. The molecule has 1 aromatic carbocycles.